The summed E-state index contributed by atoms with van der Waals surface area (Å²) >= 11 is 5.66. The number of hydrogen-bond acceptors (Lipinski definition) is 3. The first-order valence-corrected chi connectivity index (χ1v) is 6.64. The second-order valence-corrected chi connectivity index (χ2v) is 4.69. The maximum Gasteiger partial charge on any atom is 0.270 e. The quantitative estimate of drug-likeness (QED) is 0.496. The van der Waals surface area contributed by atoms with Gasteiger partial charge in [-0.05, 0) is 25.3 Å². The number of hydrogen-bond donors (Lipinski definition) is 1. The van der Waals surface area contributed by atoms with Crippen LogP contribution in [0.3, 0.4) is 0 Å². The summed E-state index contributed by atoms with van der Waals surface area (Å²) in [6, 6.07) is 4.26. The first kappa shape index (κ1) is 15.4. The van der Waals surface area contributed by atoms with E-state index in [-0.39, 0.29) is 17.6 Å². The minimum atomic E-state index is -0.508. The van der Waals surface area contributed by atoms with Gasteiger partial charge in [-0.25, -0.2) is 0 Å². The maximum absolute atomic E-state index is 12.1. The fourth-order valence-electron chi connectivity index (χ4n) is 1.74. The number of carbonyl (C=O) groups excluding carboxylic acids is 1. The van der Waals surface area contributed by atoms with Crippen molar-refractivity contribution in [2.45, 2.75) is 32.7 Å². The molecular formula is C13H17ClN2O3. The Morgan fingerprint density at radius 1 is 1.53 bits per heavy atom. The molecule has 0 aromatic heterocycles. The van der Waals surface area contributed by atoms with Crippen LogP contribution in [-0.2, 0) is 0 Å². The highest BCUT2D eigenvalue weighted by Crippen LogP contribution is 2.17. The third-order valence-corrected chi connectivity index (χ3v) is 3.18. The predicted molar refractivity (Wildman–Crippen MR) is 74.7 cm³/mol. The van der Waals surface area contributed by atoms with Crippen molar-refractivity contribution in [3.05, 3.63) is 39.4 Å². The van der Waals surface area contributed by atoms with Crippen molar-refractivity contribution in [3.63, 3.8) is 0 Å². The molecule has 1 unspecified atom stereocenters. The topological polar surface area (TPSA) is 72.2 Å². The van der Waals surface area contributed by atoms with Crippen LogP contribution in [0.4, 0.5) is 5.69 Å². The van der Waals surface area contributed by atoms with Gasteiger partial charge >= 0.3 is 0 Å². The number of benzene rings is 1. The molecule has 0 radical (unpaired) electrons. The Bertz CT molecular complexity index is 477. The number of halogens is 1. The van der Waals surface area contributed by atoms with E-state index < -0.39 is 4.92 Å². The van der Waals surface area contributed by atoms with Crippen molar-refractivity contribution < 1.29 is 9.72 Å². The lowest BCUT2D eigenvalue weighted by molar-refractivity contribution is -0.384. The van der Waals surface area contributed by atoms with E-state index in [0.29, 0.717) is 23.4 Å². The van der Waals surface area contributed by atoms with Crippen LogP contribution in [0.5, 0.6) is 0 Å². The molecule has 0 spiro atoms. The van der Waals surface area contributed by atoms with Gasteiger partial charge in [-0.3, -0.25) is 14.9 Å². The SMILES string of the molecule is CCC(CCCl)NC(=O)c1cc([N+](=O)[O-])ccc1C. The molecule has 5 nitrogen and oxygen atoms in total. The minimum Gasteiger partial charge on any atom is -0.349 e. The van der Waals surface area contributed by atoms with Crippen LogP contribution < -0.4 is 5.32 Å². The monoisotopic (exact) mass is 284 g/mol. The van der Waals surface area contributed by atoms with Gasteiger partial charge in [0, 0.05) is 29.6 Å². The van der Waals surface area contributed by atoms with Gasteiger partial charge in [0.2, 0.25) is 0 Å². The molecule has 19 heavy (non-hydrogen) atoms. The van der Waals surface area contributed by atoms with Crippen molar-refractivity contribution in [1.29, 1.82) is 0 Å². The Morgan fingerprint density at radius 2 is 2.21 bits per heavy atom. The summed E-state index contributed by atoms with van der Waals surface area (Å²) < 4.78 is 0. The maximum atomic E-state index is 12.1. The van der Waals surface area contributed by atoms with E-state index in [1.165, 1.54) is 12.1 Å². The van der Waals surface area contributed by atoms with Gasteiger partial charge < -0.3 is 5.32 Å². The lowest BCUT2D eigenvalue weighted by Crippen LogP contribution is -2.35. The van der Waals surface area contributed by atoms with Gasteiger partial charge in [-0.2, -0.15) is 0 Å². The summed E-state index contributed by atoms with van der Waals surface area (Å²) in [4.78, 5) is 22.3. The van der Waals surface area contributed by atoms with Crippen LogP contribution in [0.2, 0.25) is 0 Å². The Morgan fingerprint density at radius 3 is 2.74 bits per heavy atom. The summed E-state index contributed by atoms with van der Waals surface area (Å²) in [6.07, 6.45) is 1.45. The second kappa shape index (κ2) is 7.09. The summed E-state index contributed by atoms with van der Waals surface area (Å²) in [5.74, 6) is 0.172. The number of nitrogens with zero attached hydrogens (tertiary/aromatic N) is 1. The molecular weight excluding hydrogens is 268 g/mol. The van der Waals surface area contributed by atoms with Gasteiger partial charge in [0.15, 0.2) is 0 Å². The number of aryl methyl sites for hydroxylation is 1. The number of non-ortho nitro benzene ring substituents is 1. The van der Waals surface area contributed by atoms with Crippen LogP contribution in [0.1, 0.15) is 35.7 Å². The zero-order valence-corrected chi connectivity index (χ0v) is 11.7. The molecule has 0 aliphatic heterocycles. The highest BCUT2D eigenvalue weighted by Gasteiger charge is 2.17. The molecule has 0 aliphatic rings. The van der Waals surface area contributed by atoms with Crippen molar-refractivity contribution in [2.75, 3.05) is 5.88 Å². The van der Waals surface area contributed by atoms with E-state index in [1.807, 2.05) is 6.92 Å². The fourth-order valence-corrected chi connectivity index (χ4v) is 2.00. The van der Waals surface area contributed by atoms with Gasteiger partial charge in [0.25, 0.3) is 11.6 Å². The van der Waals surface area contributed by atoms with E-state index in [2.05, 4.69) is 5.32 Å². The number of nitro groups is 1. The van der Waals surface area contributed by atoms with Crippen LogP contribution in [0.15, 0.2) is 18.2 Å². The molecule has 1 atom stereocenters. The van der Waals surface area contributed by atoms with Crippen molar-refractivity contribution in [3.8, 4) is 0 Å². The lowest BCUT2D eigenvalue weighted by Gasteiger charge is -2.16. The van der Waals surface area contributed by atoms with Crippen LogP contribution >= 0.6 is 11.6 Å². The molecule has 0 aliphatic carbocycles. The second-order valence-electron chi connectivity index (χ2n) is 4.31. The molecule has 1 aromatic carbocycles. The molecule has 1 aromatic rings. The largest absolute Gasteiger partial charge is 0.349 e. The lowest BCUT2D eigenvalue weighted by atomic mass is 10.1. The molecule has 104 valence electrons. The standard InChI is InChI=1S/C13H17ClN2O3/c1-3-10(6-7-14)15-13(17)12-8-11(16(18)19)5-4-9(12)2/h4-5,8,10H,3,6-7H2,1-2H3,(H,15,17). The van der Waals surface area contributed by atoms with E-state index in [0.717, 1.165) is 6.42 Å². The highest BCUT2D eigenvalue weighted by molar-refractivity contribution is 6.17. The van der Waals surface area contributed by atoms with E-state index in [1.54, 1.807) is 13.0 Å². The predicted octanol–water partition coefficient (Wildman–Crippen LogP) is 3.04. The zero-order chi connectivity index (χ0) is 14.4. The Kier molecular flexibility index (Phi) is 5.76. The van der Waals surface area contributed by atoms with Gasteiger partial charge in [-0.1, -0.05) is 13.0 Å². The molecule has 1 N–H and O–H groups in total. The minimum absolute atomic E-state index is 0.0105. The molecule has 1 amide bonds. The van der Waals surface area contributed by atoms with Crippen LogP contribution in [0.25, 0.3) is 0 Å². The van der Waals surface area contributed by atoms with Gasteiger partial charge in [-0.15, -0.1) is 11.6 Å². The van der Waals surface area contributed by atoms with E-state index in [4.69, 9.17) is 11.6 Å². The smallest absolute Gasteiger partial charge is 0.270 e. The van der Waals surface area contributed by atoms with Crippen molar-refractivity contribution in [1.82, 2.24) is 5.32 Å². The number of rotatable bonds is 6. The average molecular weight is 285 g/mol. The molecule has 0 bridgehead atoms. The van der Waals surface area contributed by atoms with E-state index in [9.17, 15) is 14.9 Å². The van der Waals surface area contributed by atoms with E-state index >= 15 is 0 Å². The first-order valence-electron chi connectivity index (χ1n) is 6.11. The van der Waals surface area contributed by atoms with Crippen molar-refractivity contribution in [2.24, 2.45) is 0 Å². The van der Waals surface area contributed by atoms with Crippen LogP contribution in [0, 0.1) is 17.0 Å². The number of nitro benzene ring substituents is 1. The summed E-state index contributed by atoms with van der Waals surface area (Å²) in [7, 11) is 0. The third-order valence-electron chi connectivity index (χ3n) is 2.96. The normalized spacial score (nSPS) is 11.9. The Labute approximate surface area is 117 Å². The number of carbonyl (C=O) groups is 1. The van der Waals surface area contributed by atoms with Gasteiger partial charge in [0.05, 0.1) is 4.92 Å². The molecule has 0 saturated heterocycles. The Hall–Kier alpha value is -1.62. The number of nitrogens with one attached hydrogen (secondary N) is 1. The molecule has 0 saturated carbocycles. The third kappa shape index (κ3) is 4.21. The summed E-state index contributed by atoms with van der Waals surface area (Å²) in [5.41, 5.74) is 0.965. The zero-order valence-electron chi connectivity index (χ0n) is 11.0. The van der Waals surface area contributed by atoms with Crippen LogP contribution in [-0.4, -0.2) is 22.8 Å². The molecule has 1 rings (SSSR count). The Balaban J connectivity index is 2.92. The molecule has 0 heterocycles. The molecule has 0 fully saturated rings. The number of amides is 1. The van der Waals surface area contributed by atoms with Crippen molar-refractivity contribution >= 4 is 23.2 Å². The molecule has 6 heteroatoms. The average Bonchev–Trinajstić information content (AvgIpc) is 2.38. The first-order chi connectivity index (χ1) is 8.99. The summed E-state index contributed by atoms with van der Waals surface area (Å²) in [6.45, 7) is 3.71. The highest BCUT2D eigenvalue weighted by atomic mass is 35.5. The number of alkyl halides is 1. The summed E-state index contributed by atoms with van der Waals surface area (Å²) in [5, 5.41) is 13.6. The fraction of sp³-hybridized carbons (Fsp3) is 0.462. The van der Waals surface area contributed by atoms with Gasteiger partial charge in [0.1, 0.15) is 0 Å².